The van der Waals surface area contributed by atoms with Crippen molar-refractivity contribution >= 4 is 21.5 Å². The van der Waals surface area contributed by atoms with E-state index in [9.17, 15) is 13.2 Å². The lowest BCUT2D eigenvalue weighted by molar-refractivity contribution is 0.0322. The van der Waals surface area contributed by atoms with Crippen molar-refractivity contribution in [2.75, 3.05) is 57.4 Å². The van der Waals surface area contributed by atoms with E-state index in [0.29, 0.717) is 23.5 Å². The van der Waals surface area contributed by atoms with Gasteiger partial charge in [0.1, 0.15) is 12.4 Å². The largest absolute Gasteiger partial charge is 0.492 e. The summed E-state index contributed by atoms with van der Waals surface area (Å²) in [5, 5.41) is 0. The number of rotatable bonds is 12. The highest BCUT2D eigenvalue weighted by Gasteiger charge is 2.16. The first-order valence-corrected chi connectivity index (χ1v) is 16.5. The average Bonchev–Trinajstić information content (AvgIpc) is 3.01. The molecule has 0 radical (unpaired) electrons. The van der Waals surface area contributed by atoms with Crippen LogP contribution in [0.25, 0.3) is 11.1 Å². The van der Waals surface area contributed by atoms with Crippen LogP contribution in [0, 0.1) is 0 Å². The fourth-order valence-electron chi connectivity index (χ4n) is 5.53. The molecule has 2 aliphatic heterocycles. The van der Waals surface area contributed by atoms with Gasteiger partial charge in [-0.1, -0.05) is 36.4 Å². The normalized spacial score (nSPS) is 16.4. The number of carbonyl (C=O) groups is 1. The zero-order valence-corrected chi connectivity index (χ0v) is 25.2. The van der Waals surface area contributed by atoms with Gasteiger partial charge < -0.3 is 14.4 Å². The molecule has 0 aliphatic carbocycles. The van der Waals surface area contributed by atoms with Crippen LogP contribution in [0.3, 0.4) is 0 Å². The van der Waals surface area contributed by atoms with Crippen molar-refractivity contribution in [3.8, 4) is 16.9 Å². The molecule has 3 aromatic rings. The maximum Gasteiger partial charge on any atom is 0.216 e. The zero-order chi connectivity index (χ0) is 29.4. The van der Waals surface area contributed by atoms with E-state index in [0.717, 1.165) is 68.3 Å². The molecule has 224 valence electrons. The number of ketones is 1. The van der Waals surface area contributed by atoms with Gasteiger partial charge in [-0.05, 0) is 78.8 Å². The Hall–Kier alpha value is -3.24. The molecule has 0 bridgehead atoms. The molecule has 2 fully saturated rings. The van der Waals surface area contributed by atoms with Crippen molar-refractivity contribution in [3.05, 3.63) is 83.4 Å². The second-order valence-electron chi connectivity index (χ2n) is 11.1. The number of hydrogen-bond donors (Lipinski definition) is 1. The van der Waals surface area contributed by atoms with Gasteiger partial charge in [0.2, 0.25) is 10.0 Å². The molecule has 2 heterocycles. The van der Waals surface area contributed by atoms with Gasteiger partial charge >= 0.3 is 0 Å². The van der Waals surface area contributed by atoms with Crippen LogP contribution in [0.5, 0.6) is 5.75 Å². The molecular weight excluding hydrogens is 550 g/mol. The average molecular weight is 592 g/mol. The van der Waals surface area contributed by atoms with Gasteiger partial charge in [-0.25, -0.2) is 13.1 Å². The van der Waals surface area contributed by atoms with Crippen molar-refractivity contribution in [3.63, 3.8) is 0 Å². The molecule has 2 aliphatic rings. The molecule has 3 aromatic carbocycles. The molecule has 2 saturated heterocycles. The topological polar surface area (TPSA) is 88.2 Å². The number of nitrogens with one attached hydrogen (secondary N) is 1. The molecule has 0 atom stereocenters. The third kappa shape index (κ3) is 8.41. The van der Waals surface area contributed by atoms with Crippen molar-refractivity contribution in [2.24, 2.45) is 0 Å². The number of morpholine rings is 1. The molecule has 0 spiro atoms. The van der Waals surface area contributed by atoms with Gasteiger partial charge in [0.05, 0.1) is 19.0 Å². The minimum Gasteiger partial charge on any atom is -0.492 e. The van der Waals surface area contributed by atoms with Crippen molar-refractivity contribution in [2.45, 2.75) is 38.5 Å². The van der Waals surface area contributed by atoms with Crippen molar-refractivity contribution in [1.82, 2.24) is 9.62 Å². The summed E-state index contributed by atoms with van der Waals surface area (Å²) >= 11 is 0. The summed E-state index contributed by atoms with van der Waals surface area (Å²) in [5.41, 5.74) is 5.00. The first-order chi connectivity index (χ1) is 20.4. The van der Waals surface area contributed by atoms with Gasteiger partial charge in [-0.3, -0.25) is 9.69 Å². The van der Waals surface area contributed by atoms with Gasteiger partial charge in [0.15, 0.2) is 5.78 Å². The lowest BCUT2D eigenvalue weighted by atomic mass is 9.96. The van der Waals surface area contributed by atoms with Gasteiger partial charge in [0, 0.05) is 50.5 Å². The second-order valence-corrected chi connectivity index (χ2v) is 12.9. The lowest BCUT2D eigenvalue weighted by Gasteiger charge is -2.29. The van der Waals surface area contributed by atoms with Crippen LogP contribution >= 0.6 is 0 Å². The van der Waals surface area contributed by atoms with Gasteiger partial charge in [-0.2, -0.15) is 0 Å². The van der Waals surface area contributed by atoms with Crippen LogP contribution in [-0.2, 0) is 27.1 Å². The maximum absolute atomic E-state index is 12.9. The smallest absolute Gasteiger partial charge is 0.216 e. The summed E-state index contributed by atoms with van der Waals surface area (Å²) in [6.07, 6.45) is 3.66. The number of nitrogens with zero attached hydrogens (tertiary/aromatic N) is 2. The fourth-order valence-corrected chi connectivity index (χ4v) is 6.65. The van der Waals surface area contributed by atoms with E-state index in [1.165, 1.54) is 19.3 Å². The van der Waals surface area contributed by atoms with Crippen LogP contribution < -0.4 is 14.4 Å². The van der Waals surface area contributed by atoms with E-state index in [1.807, 2.05) is 48.5 Å². The Morgan fingerprint density at radius 1 is 0.905 bits per heavy atom. The van der Waals surface area contributed by atoms with E-state index in [1.54, 1.807) is 13.0 Å². The first kappa shape index (κ1) is 30.2. The van der Waals surface area contributed by atoms with E-state index in [4.69, 9.17) is 9.47 Å². The summed E-state index contributed by atoms with van der Waals surface area (Å²) in [6, 6.07) is 21.0. The summed E-state index contributed by atoms with van der Waals surface area (Å²) in [4.78, 5) is 17.2. The minimum atomic E-state index is -3.54. The SMILES string of the molecule is CC(=O)c1cc(OCCN2CCOCC2)ccc1-c1ccc(CS(=O)(=O)NCc2cccc(N3CCCCC3)c2)cc1. The molecule has 0 unspecified atom stereocenters. The van der Waals surface area contributed by atoms with Crippen molar-refractivity contribution < 1.29 is 22.7 Å². The number of sulfonamides is 1. The molecule has 9 heteroatoms. The molecule has 0 amide bonds. The highest BCUT2D eigenvalue weighted by Crippen LogP contribution is 2.29. The molecular formula is C33H41N3O5S. The molecule has 5 rings (SSSR count). The second kappa shape index (κ2) is 14.3. The third-order valence-electron chi connectivity index (χ3n) is 7.90. The van der Waals surface area contributed by atoms with E-state index < -0.39 is 10.0 Å². The highest BCUT2D eigenvalue weighted by molar-refractivity contribution is 7.88. The quantitative estimate of drug-likeness (QED) is 0.301. The molecule has 0 aromatic heterocycles. The van der Waals surface area contributed by atoms with Crippen molar-refractivity contribution in [1.29, 1.82) is 0 Å². The number of anilines is 1. The Kier molecular flexibility index (Phi) is 10.3. The third-order valence-corrected chi connectivity index (χ3v) is 9.20. The van der Waals surface area contributed by atoms with E-state index in [2.05, 4.69) is 26.7 Å². The zero-order valence-electron chi connectivity index (χ0n) is 24.4. The number of benzene rings is 3. The predicted molar refractivity (Wildman–Crippen MR) is 167 cm³/mol. The number of ether oxygens (including phenoxy) is 2. The van der Waals surface area contributed by atoms with E-state index >= 15 is 0 Å². The standard InChI is InChI=1S/C33H41N3O5S/c1-26(37)33-23-31(41-21-18-35-16-19-40-20-17-35)12-13-32(33)29-10-8-27(9-11-29)25-42(38,39)34-24-28-6-5-7-30(22-28)36-14-3-2-4-15-36/h5-13,22-23,34H,2-4,14-21,24-25H2,1H3. The molecule has 8 nitrogen and oxygen atoms in total. The first-order valence-electron chi connectivity index (χ1n) is 14.8. The number of Topliss-reactive ketones (excluding diaryl/α,β-unsaturated/α-hetero) is 1. The van der Waals surface area contributed by atoms with Crippen LogP contribution in [0.15, 0.2) is 66.7 Å². The fraction of sp³-hybridized carbons (Fsp3) is 0.424. The predicted octanol–water partition coefficient (Wildman–Crippen LogP) is 4.88. The summed E-state index contributed by atoms with van der Waals surface area (Å²) in [7, 11) is -3.54. The Balaban J connectivity index is 1.18. The van der Waals surface area contributed by atoms with Crippen LogP contribution in [0.2, 0.25) is 0 Å². The number of carbonyl (C=O) groups excluding carboxylic acids is 1. The van der Waals surface area contributed by atoms with Gasteiger partial charge in [-0.15, -0.1) is 0 Å². The van der Waals surface area contributed by atoms with Crippen LogP contribution in [0.4, 0.5) is 5.69 Å². The summed E-state index contributed by atoms with van der Waals surface area (Å²) in [6.45, 7) is 8.55. The summed E-state index contributed by atoms with van der Waals surface area (Å²) in [5.74, 6) is 0.491. The monoisotopic (exact) mass is 591 g/mol. The lowest BCUT2D eigenvalue weighted by Crippen LogP contribution is -2.38. The Morgan fingerprint density at radius 3 is 2.40 bits per heavy atom. The molecule has 1 N–H and O–H groups in total. The Bertz CT molecular complexity index is 1450. The van der Waals surface area contributed by atoms with Crippen LogP contribution in [-0.4, -0.2) is 71.6 Å². The minimum absolute atomic E-state index is 0.0520. The summed E-state index contributed by atoms with van der Waals surface area (Å²) < 4.78 is 39.9. The Labute approximate surface area is 249 Å². The van der Waals surface area contributed by atoms with Gasteiger partial charge in [0.25, 0.3) is 0 Å². The molecule has 0 saturated carbocycles. The number of hydrogen-bond acceptors (Lipinski definition) is 7. The van der Waals surface area contributed by atoms with Crippen LogP contribution in [0.1, 0.15) is 47.7 Å². The molecule has 42 heavy (non-hydrogen) atoms. The Morgan fingerprint density at radius 2 is 1.67 bits per heavy atom. The van der Waals surface area contributed by atoms with E-state index in [-0.39, 0.29) is 18.1 Å². The number of piperidine rings is 1. The highest BCUT2D eigenvalue weighted by atomic mass is 32.2. The maximum atomic E-state index is 12.9.